The number of hydrogen-bond donors (Lipinski definition) is 1. The highest BCUT2D eigenvalue weighted by Gasteiger charge is 2.02. The SMILES string of the molecule is CC(C)CN/C=C\C(=O)c1ccc2ccccc2c1. The minimum Gasteiger partial charge on any atom is -0.391 e. The second kappa shape index (κ2) is 6.19. The third-order valence-corrected chi connectivity index (χ3v) is 2.91. The van der Waals surface area contributed by atoms with E-state index in [9.17, 15) is 4.79 Å². The lowest BCUT2D eigenvalue weighted by molar-refractivity contribution is 0.104. The van der Waals surface area contributed by atoms with Crippen molar-refractivity contribution in [2.24, 2.45) is 5.92 Å². The molecule has 2 rings (SSSR count). The molecule has 0 saturated carbocycles. The summed E-state index contributed by atoms with van der Waals surface area (Å²) < 4.78 is 0. The molecular weight excluding hydrogens is 234 g/mol. The van der Waals surface area contributed by atoms with Crippen molar-refractivity contribution in [2.45, 2.75) is 13.8 Å². The van der Waals surface area contributed by atoms with Gasteiger partial charge < -0.3 is 5.32 Å². The molecule has 0 unspecified atom stereocenters. The number of fused-ring (bicyclic) bond motifs is 1. The Hall–Kier alpha value is -2.09. The highest BCUT2D eigenvalue weighted by Crippen LogP contribution is 2.16. The molecule has 0 heterocycles. The van der Waals surface area contributed by atoms with Crippen LogP contribution in [0.2, 0.25) is 0 Å². The van der Waals surface area contributed by atoms with Gasteiger partial charge in [0.2, 0.25) is 0 Å². The van der Waals surface area contributed by atoms with E-state index in [0.717, 1.165) is 22.9 Å². The Morgan fingerprint density at radius 3 is 2.63 bits per heavy atom. The molecule has 0 radical (unpaired) electrons. The Labute approximate surface area is 114 Å². The van der Waals surface area contributed by atoms with Gasteiger partial charge in [0.05, 0.1) is 0 Å². The summed E-state index contributed by atoms with van der Waals surface area (Å²) in [6.07, 6.45) is 3.32. The van der Waals surface area contributed by atoms with Gasteiger partial charge in [-0.3, -0.25) is 4.79 Å². The molecular formula is C17H19NO. The summed E-state index contributed by atoms with van der Waals surface area (Å²) in [6.45, 7) is 5.14. The molecule has 0 aliphatic carbocycles. The number of carbonyl (C=O) groups excluding carboxylic acids is 1. The maximum Gasteiger partial charge on any atom is 0.187 e. The number of nitrogens with one attached hydrogen (secondary N) is 1. The van der Waals surface area contributed by atoms with Crippen molar-refractivity contribution in [2.75, 3.05) is 6.54 Å². The first-order chi connectivity index (χ1) is 9.16. The van der Waals surface area contributed by atoms with Crippen molar-refractivity contribution >= 4 is 16.6 Å². The number of benzene rings is 2. The molecule has 0 atom stereocenters. The lowest BCUT2D eigenvalue weighted by atomic mass is 10.0. The second-order valence-corrected chi connectivity index (χ2v) is 5.06. The van der Waals surface area contributed by atoms with Crippen molar-refractivity contribution < 1.29 is 4.79 Å². The summed E-state index contributed by atoms with van der Waals surface area (Å²) in [4.78, 5) is 12.0. The summed E-state index contributed by atoms with van der Waals surface area (Å²) >= 11 is 0. The number of allylic oxidation sites excluding steroid dienone is 1. The van der Waals surface area contributed by atoms with Crippen LogP contribution in [0.5, 0.6) is 0 Å². The first-order valence-electron chi connectivity index (χ1n) is 6.60. The van der Waals surface area contributed by atoms with E-state index in [1.165, 1.54) is 0 Å². The highest BCUT2D eigenvalue weighted by atomic mass is 16.1. The monoisotopic (exact) mass is 253 g/mol. The highest BCUT2D eigenvalue weighted by molar-refractivity contribution is 6.06. The van der Waals surface area contributed by atoms with E-state index in [2.05, 4.69) is 19.2 Å². The van der Waals surface area contributed by atoms with Gasteiger partial charge in [0, 0.05) is 24.4 Å². The molecule has 98 valence electrons. The van der Waals surface area contributed by atoms with Gasteiger partial charge in [-0.25, -0.2) is 0 Å². The van der Waals surface area contributed by atoms with Crippen LogP contribution in [0.3, 0.4) is 0 Å². The molecule has 0 amide bonds. The molecule has 2 aromatic carbocycles. The molecule has 0 aromatic heterocycles. The van der Waals surface area contributed by atoms with E-state index < -0.39 is 0 Å². The number of carbonyl (C=O) groups is 1. The van der Waals surface area contributed by atoms with E-state index in [1.54, 1.807) is 12.3 Å². The van der Waals surface area contributed by atoms with Crippen LogP contribution in [-0.4, -0.2) is 12.3 Å². The van der Waals surface area contributed by atoms with Gasteiger partial charge in [-0.15, -0.1) is 0 Å². The van der Waals surface area contributed by atoms with Gasteiger partial charge in [-0.1, -0.05) is 50.2 Å². The number of hydrogen-bond acceptors (Lipinski definition) is 2. The van der Waals surface area contributed by atoms with Gasteiger partial charge in [-0.05, 0) is 22.8 Å². The Kier molecular flexibility index (Phi) is 4.35. The van der Waals surface area contributed by atoms with E-state index in [-0.39, 0.29) is 5.78 Å². The Bertz CT molecular complexity index is 599. The Morgan fingerprint density at radius 2 is 1.89 bits per heavy atom. The maximum absolute atomic E-state index is 12.0. The van der Waals surface area contributed by atoms with Crippen LogP contribution >= 0.6 is 0 Å². The quantitative estimate of drug-likeness (QED) is 0.649. The molecule has 19 heavy (non-hydrogen) atoms. The van der Waals surface area contributed by atoms with Crippen molar-refractivity contribution in [3.63, 3.8) is 0 Å². The summed E-state index contributed by atoms with van der Waals surface area (Å²) in [5.74, 6) is 0.599. The maximum atomic E-state index is 12.0. The molecule has 2 heteroatoms. The molecule has 0 saturated heterocycles. The summed E-state index contributed by atoms with van der Waals surface area (Å²) in [5, 5.41) is 5.37. The van der Waals surface area contributed by atoms with Gasteiger partial charge in [0.1, 0.15) is 0 Å². The first-order valence-corrected chi connectivity index (χ1v) is 6.60. The molecule has 0 aliphatic heterocycles. The molecule has 0 spiro atoms. The van der Waals surface area contributed by atoms with Crippen LogP contribution in [0.4, 0.5) is 0 Å². The van der Waals surface area contributed by atoms with Crippen molar-refractivity contribution in [1.29, 1.82) is 0 Å². The minimum atomic E-state index is 0.0296. The van der Waals surface area contributed by atoms with Crippen molar-refractivity contribution in [3.8, 4) is 0 Å². The lowest BCUT2D eigenvalue weighted by Crippen LogP contribution is -2.13. The van der Waals surface area contributed by atoms with Crippen molar-refractivity contribution in [1.82, 2.24) is 5.32 Å². The summed E-state index contributed by atoms with van der Waals surface area (Å²) in [5.41, 5.74) is 0.723. The van der Waals surface area contributed by atoms with Crippen LogP contribution in [0.15, 0.2) is 54.7 Å². The summed E-state index contributed by atoms with van der Waals surface area (Å²) in [6, 6.07) is 13.8. The van der Waals surface area contributed by atoms with Gasteiger partial charge >= 0.3 is 0 Å². The molecule has 0 aliphatic rings. The van der Waals surface area contributed by atoms with E-state index in [0.29, 0.717) is 5.92 Å². The molecule has 2 nitrogen and oxygen atoms in total. The predicted octanol–water partition coefficient (Wildman–Crippen LogP) is 3.78. The zero-order chi connectivity index (χ0) is 13.7. The van der Waals surface area contributed by atoms with Crippen LogP contribution in [0.25, 0.3) is 10.8 Å². The van der Waals surface area contributed by atoms with E-state index in [1.807, 2.05) is 42.5 Å². The number of rotatable bonds is 5. The van der Waals surface area contributed by atoms with Gasteiger partial charge in [0.25, 0.3) is 0 Å². The van der Waals surface area contributed by atoms with Crippen LogP contribution < -0.4 is 5.32 Å². The topological polar surface area (TPSA) is 29.1 Å². The fourth-order valence-corrected chi connectivity index (χ4v) is 1.88. The normalized spacial score (nSPS) is 11.3. The number of ketones is 1. The summed E-state index contributed by atoms with van der Waals surface area (Å²) in [7, 11) is 0. The Balaban J connectivity index is 2.09. The fraction of sp³-hybridized carbons (Fsp3) is 0.235. The fourth-order valence-electron chi connectivity index (χ4n) is 1.88. The van der Waals surface area contributed by atoms with E-state index >= 15 is 0 Å². The standard InChI is InChI=1S/C17H19NO/c1-13(2)12-18-10-9-17(19)16-8-7-14-5-3-4-6-15(14)11-16/h3-11,13,18H,12H2,1-2H3/b10-9-. The van der Waals surface area contributed by atoms with E-state index in [4.69, 9.17) is 0 Å². The third-order valence-electron chi connectivity index (χ3n) is 2.91. The lowest BCUT2D eigenvalue weighted by Gasteiger charge is -2.03. The van der Waals surface area contributed by atoms with Crippen LogP contribution in [0, 0.1) is 5.92 Å². The smallest absolute Gasteiger partial charge is 0.187 e. The second-order valence-electron chi connectivity index (χ2n) is 5.06. The van der Waals surface area contributed by atoms with Gasteiger partial charge in [0.15, 0.2) is 5.78 Å². The van der Waals surface area contributed by atoms with Crippen molar-refractivity contribution in [3.05, 3.63) is 60.3 Å². The largest absolute Gasteiger partial charge is 0.391 e. The van der Waals surface area contributed by atoms with Crippen LogP contribution in [0.1, 0.15) is 24.2 Å². The molecule has 2 aromatic rings. The van der Waals surface area contributed by atoms with Gasteiger partial charge in [-0.2, -0.15) is 0 Å². The average molecular weight is 253 g/mol. The minimum absolute atomic E-state index is 0.0296. The zero-order valence-electron chi connectivity index (χ0n) is 11.4. The third kappa shape index (κ3) is 3.68. The molecule has 1 N–H and O–H groups in total. The Morgan fingerprint density at radius 1 is 1.16 bits per heavy atom. The van der Waals surface area contributed by atoms with Crippen LogP contribution in [-0.2, 0) is 0 Å². The first kappa shape index (κ1) is 13.3. The average Bonchev–Trinajstić information content (AvgIpc) is 2.42. The zero-order valence-corrected chi connectivity index (χ0v) is 11.4. The molecule has 0 bridgehead atoms. The molecule has 0 fully saturated rings. The predicted molar refractivity (Wildman–Crippen MR) is 80.3 cm³/mol.